The van der Waals surface area contributed by atoms with Gasteiger partial charge in [-0.2, -0.15) is 0 Å². The van der Waals surface area contributed by atoms with E-state index in [9.17, 15) is 9.59 Å². The average Bonchev–Trinajstić information content (AvgIpc) is 2.84. The first-order chi connectivity index (χ1) is 12.1. The molecule has 2 aliphatic heterocycles. The topological polar surface area (TPSA) is 77.8 Å². The van der Waals surface area contributed by atoms with Crippen molar-refractivity contribution >= 4 is 23.7 Å². The van der Waals surface area contributed by atoms with Gasteiger partial charge < -0.3 is 10.2 Å². The highest BCUT2D eigenvalue weighted by atomic mass is 32.2. The van der Waals surface area contributed by atoms with Crippen molar-refractivity contribution in [2.24, 2.45) is 0 Å². The molecule has 2 N–H and O–H groups in total. The van der Waals surface area contributed by atoms with Crippen molar-refractivity contribution in [2.45, 2.75) is 43.0 Å². The Bertz CT molecular complexity index is 595. The molecule has 3 rings (SSSR count). The molecule has 25 heavy (non-hydrogen) atoms. The van der Waals surface area contributed by atoms with E-state index in [-0.39, 0.29) is 0 Å². The van der Waals surface area contributed by atoms with Crippen LogP contribution in [0.15, 0.2) is 41.3 Å². The van der Waals surface area contributed by atoms with Crippen LogP contribution in [0.25, 0.3) is 0 Å². The van der Waals surface area contributed by atoms with E-state index in [2.05, 4.69) is 40.9 Å². The highest BCUT2D eigenvalue weighted by Crippen LogP contribution is 2.38. The molecule has 1 atom stereocenters. The zero-order chi connectivity index (χ0) is 18.1. The molecule has 1 fully saturated rings. The van der Waals surface area contributed by atoms with E-state index in [0.717, 1.165) is 0 Å². The maximum Gasteiger partial charge on any atom is 0.328 e. The largest absolute Gasteiger partial charge is 0.478 e. The van der Waals surface area contributed by atoms with E-state index in [1.54, 1.807) is 5.56 Å². The second kappa shape index (κ2) is 10.3. The third-order valence-electron chi connectivity index (χ3n) is 4.36. The Kier molecular flexibility index (Phi) is 8.01. The summed E-state index contributed by atoms with van der Waals surface area (Å²) < 4.78 is 0. The predicted molar refractivity (Wildman–Crippen MR) is 99.0 cm³/mol. The van der Waals surface area contributed by atoms with Gasteiger partial charge in [-0.25, -0.2) is 9.59 Å². The molecule has 0 bridgehead atoms. The lowest BCUT2D eigenvalue weighted by Gasteiger charge is -2.34. The van der Waals surface area contributed by atoms with Crippen molar-refractivity contribution in [3.05, 3.63) is 42.0 Å². The van der Waals surface area contributed by atoms with Gasteiger partial charge >= 0.3 is 11.9 Å². The summed E-state index contributed by atoms with van der Waals surface area (Å²) in [4.78, 5) is 23.4. The Labute approximate surface area is 152 Å². The molecule has 0 aliphatic carbocycles. The normalized spacial score (nSPS) is 20.9. The molecule has 2 aliphatic rings. The van der Waals surface area contributed by atoms with Gasteiger partial charge in [0.2, 0.25) is 0 Å². The molecule has 6 heteroatoms. The lowest BCUT2D eigenvalue weighted by atomic mass is 9.98. The van der Waals surface area contributed by atoms with E-state index in [1.165, 1.54) is 55.8 Å². The van der Waals surface area contributed by atoms with Crippen LogP contribution in [0.1, 0.15) is 43.7 Å². The van der Waals surface area contributed by atoms with Crippen molar-refractivity contribution in [1.29, 1.82) is 0 Å². The monoisotopic (exact) mass is 363 g/mol. The van der Waals surface area contributed by atoms with Crippen molar-refractivity contribution in [3.63, 3.8) is 0 Å². The lowest BCUT2D eigenvalue weighted by molar-refractivity contribution is -0.134. The zero-order valence-corrected chi connectivity index (χ0v) is 15.1. The number of carboxylic acids is 2. The first-order valence-corrected chi connectivity index (χ1v) is 9.66. The van der Waals surface area contributed by atoms with Crippen molar-refractivity contribution in [1.82, 2.24) is 4.90 Å². The summed E-state index contributed by atoms with van der Waals surface area (Å²) in [5, 5.41) is 15.6. The summed E-state index contributed by atoms with van der Waals surface area (Å²) in [5.41, 5.74) is 1.59. The number of hydrogen-bond donors (Lipinski definition) is 2. The Morgan fingerprint density at radius 1 is 1.00 bits per heavy atom. The number of thioether (sulfide) groups is 1. The van der Waals surface area contributed by atoms with Crippen LogP contribution in [0.5, 0.6) is 0 Å². The molecule has 0 spiro atoms. The third kappa shape index (κ3) is 6.55. The number of benzene rings is 1. The lowest BCUT2D eigenvalue weighted by Crippen LogP contribution is -2.33. The number of nitrogens with zero attached hydrogens (tertiary/aromatic N) is 1. The second-order valence-electron chi connectivity index (χ2n) is 6.15. The second-order valence-corrected chi connectivity index (χ2v) is 7.29. The van der Waals surface area contributed by atoms with Crippen LogP contribution in [0, 0.1) is 0 Å². The fourth-order valence-electron chi connectivity index (χ4n) is 3.25. The van der Waals surface area contributed by atoms with E-state index in [4.69, 9.17) is 10.2 Å². The van der Waals surface area contributed by atoms with Gasteiger partial charge in [0.1, 0.15) is 0 Å². The molecule has 0 radical (unpaired) electrons. The van der Waals surface area contributed by atoms with Gasteiger partial charge in [0, 0.05) is 23.1 Å². The van der Waals surface area contributed by atoms with Crippen LogP contribution in [0.4, 0.5) is 0 Å². The number of carboxylic acid groups (broad SMARTS) is 2. The Hall–Kier alpha value is -1.79. The minimum Gasteiger partial charge on any atom is -0.478 e. The Balaban J connectivity index is 0.000000242. The summed E-state index contributed by atoms with van der Waals surface area (Å²) in [7, 11) is 0. The van der Waals surface area contributed by atoms with Gasteiger partial charge in [0.25, 0.3) is 0 Å². The minimum absolute atomic E-state index is 0.558. The Morgan fingerprint density at radius 2 is 1.64 bits per heavy atom. The van der Waals surface area contributed by atoms with E-state index in [1.807, 2.05) is 0 Å². The van der Waals surface area contributed by atoms with Gasteiger partial charge in [0.15, 0.2) is 0 Å². The van der Waals surface area contributed by atoms with Gasteiger partial charge in [-0.1, -0.05) is 24.6 Å². The molecule has 1 unspecified atom stereocenters. The quantitative estimate of drug-likeness (QED) is 0.795. The van der Waals surface area contributed by atoms with Crippen LogP contribution < -0.4 is 0 Å². The molecule has 1 saturated heterocycles. The summed E-state index contributed by atoms with van der Waals surface area (Å²) >= 11 is 2.05. The molecule has 0 amide bonds. The van der Waals surface area contributed by atoms with Crippen LogP contribution >= 0.6 is 11.8 Å². The molecule has 136 valence electrons. The number of aliphatic carboxylic acids is 2. The summed E-state index contributed by atoms with van der Waals surface area (Å²) in [5.74, 6) is -1.22. The van der Waals surface area contributed by atoms with Gasteiger partial charge in [-0.15, -0.1) is 11.8 Å². The standard InChI is InChI=1S/C15H21NS.C4H4O4/c1-4-10-16(11-5-1)14-8-6-12-17-15-9-3-2-7-13(14)15;5-3(6)1-2-4(7)8/h2-3,7,9,14H,1,4-6,8,10-12H2;1-2H,(H,5,6)(H,7,8)/b;2-1-. The fourth-order valence-corrected chi connectivity index (χ4v) is 4.33. The molecule has 2 heterocycles. The van der Waals surface area contributed by atoms with Gasteiger partial charge in [-0.05, 0) is 56.2 Å². The molecule has 1 aromatic rings. The highest BCUT2D eigenvalue weighted by Gasteiger charge is 2.25. The number of hydrogen-bond acceptors (Lipinski definition) is 4. The van der Waals surface area contributed by atoms with E-state index >= 15 is 0 Å². The number of carbonyl (C=O) groups is 2. The van der Waals surface area contributed by atoms with Crippen molar-refractivity contribution in [2.75, 3.05) is 18.8 Å². The maximum atomic E-state index is 9.55. The average molecular weight is 363 g/mol. The first-order valence-electron chi connectivity index (χ1n) is 8.67. The van der Waals surface area contributed by atoms with E-state index < -0.39 is 11.9 Å². The van der Waals surface area contributed by atoms with Crippen LogP contribution in [0.2, 0.25) is 0 Å². The Morgan fingerprint density at radius 3 is 2.28 bits per heavy atom. The molecule has 0 aromatic heterocycles. The number of piperidine rings is 1. The van der Waals surface area contributed by atoms with Crippen LogP contribution in [-0.2, 0) is 9.59 Å². The molecule has 0 saturated carbocycles. The third-order valence-corrected chi connectivity index (χ3v) is 5.53. The molecule has 5 nitrogen and oxygen atoms in total. The zero-order valence-electron chi connectivity index (χ0n) is 14.3. The number of likely N-dealkylation sites (tertiary alicyclic amines) is 1. The van der Waals surface area contributed by atoms with E-state index in [0.29, 0.717) is 18.2 Å². The molecular formula is C19H25NO4S. The van der Waals surface area contributed by atoms with Crippen LogP contribution in [-0.4, -0.2) is 45.9 Å². The predicted octanol–water partition coefficient (Wildman–Crippen LogP) is 3.81. The summed E-state index contributed by atoms with van der Waals surface area (Å²) in [6.07, 6.45) is 8.05. The fraction of sp³-hybridized carbons (Fsp3) is 0.474. The van der Waals surface area contributed by atoms with Crippen molar-refractivity contribution in [3.8, 4) is 0 Å². The van der Waals surface area contributed by atoms with Gasteiger partial charge in [0.05, 0.1) is 0 Å². The summed E-state index contributed by atoms with van der Waals surface area (Å²) in [6, 6.07) is 9.75. The SMILES string of the molecule is O=C(O)/C=C\C(=O)O.c1ccc2c(c1)SCCCC2N1CCCCC1. The highest BCUT2D eigenvalue weighted by molar-refractivity contribution is 7.99. The number of fused-ring (bicyclic) bond motifs is 1. The maximum absolute atomic E-state index is 9.55. The number of rotatable bonds is 3. The first kappa shape index (κ1) is 19.5. The minimum atomic E-state index is -1.26. The summed E-state index contributed by atoms with van der Waals surface area (Å²) in [6.45, 7) is 2.62. The van der Waals surface area contributed by atoms with Crippen LogP contribution in [0.3, 0.4) is 0 Å². The smallest absolute Gasteiger partial charge is 0.328 e. The molecule has 1 aromatic carbocycles. The molecular weight excluding hydrogens is 338 g/mol. The van der Waals surface area contributed by atoms with Gasteiger partial charge in [-0.3, -0.25) is 4.90 Å². The van der Waals surface area contributed by atoms with Crippen molar-refractivity contribution < 1.29 is 19.8 Å².